The summed E-state index contributed by atoms with van der Waals surface area (Å²) in [6.45, 7) is 9.98. The fourth-order valence-corrected chi connectivity index (χ4v) is 3.23. The van der Waals surface area contributed by atoms with Gasteiger partial charge < -0.3 is 19.7 Å². The van der Waals surface area contributed by atoms with Gasteiger partial charge in [-0.05, 0) is 33.6 Å². The second kappa shape index (κ2) is 10.1. The molecule has 2 rings (SSSR count). The molecule has 0 fully saturated rings. The summed E-state index contributed by atoms with van der Waals surface area (Å²) in [4.78, 5) is 20.8. The Morgan fingerprint density at radius 2 is 1.96 bits per heavy atom. The molecule has 0 atom stereocenters. The van der Waals surface area contributed by atoms with E-state index in [4.69, 9.17) is 4.99 Å². The average molecular weight is 364 g/mol. The number of amides is 1. The highest BCUT2D eigenvalue weighted by atomic mass is 16.2. The zero-order valence-corrected chi connectivity index (χ0v) is 16.7. The lowest BCUT2D eigenvalue weighted by molar-refractivity contribution is -0.131. The summed E-state index contributed by atoms with van der Waals surface area (Å²) >= 11 is 0. The predicted octanol–water partition coefficient (Wildman–Crippen LogP) is 1.27. The van der Waals surface area contributed by atoms with Crippen molar-refractivity contribution in [2.24, 2.45) is 4.99 Å². The molecule has 1 aliphatic heterocycles. The minimum atomic E-state index is 0.111. The maximum absolute atomic E-state index is 12.4. The fourth-order valence-electron chi connectivity index (χ4n) is 3.23. The summed E-state index contributed by atoms with van der Waals surface area (Å²) in [7, 11) is 1.90. The van der Waals surface area contributed by atoms with Crippen LogP contribution in [-0.2, 0) is 24.3 Å². The van der Waals surface area contributed by atoms with Crippen molar-refractivity contribution >= 4 is 11.9 Å². The van der Waals surface area contributed by atoms with Crippen LogP contribution in [0, 0.1) is 0 Å². The van der Waals surface area contributed by atoms with Crippen LogP contribution >= 0.6 is 0 Å². The number of aromatic nitrogens is 3. The summed E-state index contributed by atoms with van der Waals surface area (Å²) in [5, 5.41) is 11.9. The van der Waals surface area contributed by atoms with Crippen molar-refractivity contribution in [2.45, 2.75) is 59.5 Å². The number of rotatable bonds is 7. The lowest BCUT2D eigenvalue weighted by atomic mass is 10.2. The monoisotopic (exact) mass is 363 g/mol. The molecule has 1 aromatic heterocycles. The number of carbonyl (C=O) groups is 1. The maximum atomic E-state index is 12.4. The second-order valence-electron chi connectivity index (χ2n) is 6.59. The highest BCUT2D eigenvalue weighted by Crippen LogP contribution is 2.14. The number of aliphatic imine (C=N–C) groups is 1. The minimum absolute atomic E-state index is 0.111. The van der Waals surface area contributed by atoms with Crippen LogP contribution in [0.25, 0.3) is 0 Å². The van der Waals surface area contributed by atoms with E-state index in [1.165, 1.54) is 19.3 Å². The van der Waals surface area contributed by atoms with Gasteiger partial charge in [-0.2, -0.15) is 0 Å². The topological polar surface area (TPSA) is 78.6 Å². The van der Waals surface area contributed by atoms with Gasteiger partial charge in [0.15, 0.2) is 11.8 Å². The largest absolute Gasteiger partial charge is 0.357 e. The van der Waals surface area contributed by atoms with E-state index in [1.807, 2.05) is 37.6 Å². The molecule has 2 heterocycles. The van der Waals surface area contributed by atoms with Crippen LogP contribution in [0.15, 0.2) is 4.99 Å². The number of nitrogens with one attached hydrogen (secondary N) is 1. The molecule has 146 valence electrons. The molecule has 1 N–H and O–H groups in total. The first-order chi connectivity index (χ1) is 12.6. The van der Waals surface area contributed by atoms with Gasteiger partial charge in [0.1, 0.15) is 12.4 Å². The molecule has 0 unspecified atom stereocenters. The van der Waals surface area contributed by atoms with Crippen molar-refractivity contribution in [1.82, 2.24) is 29.9 Å². The van der Waals surface area contributed by atoms with Crippen LogP contribution in [0.1, 0.15) is 51.7 Å². The molecule has 0 saturated heterocycles. The molecule has 0 radical (unpaired) electrons. The van der Waals surface area contributed by atoms with Crippen LogP contribution < -0.4 is 5.32 Å². The summed E-state index contributed by atoms with van der Waals surface area (Å²) in [5.74, 6) is 2.81. The third kappa shape index (κ3) is 5.19. The van der Waals surface area contributed by atoms with Crippen molar-refractivity contribution in [3.8, 4) is 0 Å². The van der Waals surface area contributed by atoms with E-state index in [9.17, 15) is 4.79 Å². The smallest absolute Gasteiger partial charge is 0.242 e. The Morgan fingerprint density at radius 1 is 1.19 bits per heavy atom. The van der Waals surface area contributed by atoms with Gasteiger partial charge >= 0.3 is 0 Å². The summed E-state index contributed by atoms with van der Waals surface area (Å²) in [5.41, 5.74) is 0. The fraction of sp³-hybridized carbons (Fsp3) is 0.778. The third-order valence-corrected chi connectivity index (χ3v) is 4.74. The van der Waals surface area contributed by atoms with E-state index < -0.39 is 0 Å². The van der Waals surface area contributed by atoms with Gasteiger partial charge in [0.05, 0.1) is 6.54 Å². The standard InChI is InChI=1S/C18H33N7O/c1-5-19-18(23(4)14-17(26)24(6-2)7-3)20-13-16-22-21-15-11-9-8-10-12-25(15)16/h5-14H2,1-4H3,(H,19,20). The van der Waals surface area contributed by atoms with Crippen molar-refractivity contribution in [3.05, 3.63) is 11.6 Å². The Balaban J connectivity index is 2.06. The summed E-state index contributed by atoms with van der Waals surface area (Å²) < 4.78 is 2.21. The van der Waals surface area contributed by atoms with E-state index in [2.05, 4.69) is 20.1 Å². The van der Waals surface area contributed by atoms with Crippen LogP contribution in [0.4, 0.5) is 0 Å². The molecule has 0 saturated carbocycles. The SMILES string of the molecule is CCNC(=NCc1nnc2n1CCCCC2)N(C)CC(=O)N(CC)CC. The highest BCUT2D eigenvalue weighted by molar-refractivity contribution is 5.86. The molecule has 8 heteroatoms. The molecule has 0 aliphatic carbocycles. The molecule has 1 aliphatic rings. The number of likely N-dealkylation sites (N-methyl/N-ethyl adjacent to an activating group) is 2. The first kappa shape index (κ1) is 20.2. The highest BCUT2D eigenvalue weighted by Gasteiger charge is 2.17. The number of nitrogens with zero attached hydrogens (tertiary/aromatic N) is 6. The van der Waals surface area contributed by atoms with Crippen LogP contribution in [0.2, 0.25) is 0 Å². The first-order valence-electron chi connectivity index (χ1n) is 9.78. The molecule has 1 amide bonds. The van der Waals surface area contributed by atoms with Gasteiger partial charge in [-0.3, -0.25) is 4.79 Å². The number of hydrogen-bond donors (Lipinski definition) is 1. The van der Waals surface area contributed by atoms with E-state index in [0.29, 0.717) is 13.1 Å². The molecule has 0 bridgehead atoms. The molecule has 8 nitrogen and oxygen atoms in total. The zero-order chi connectivity index (χ0) is 18.9. The number of carbonyl (C=O) groups excluding carboxylic acids is 1. The van der Waals surface area contributed by atoms with Crippen molar-refractivity contribution in [3.63, 3.8) is 0 Å². The van der Waals surface area contributed by atoms with Gasteiger partial charge in [-0.25, -0.2) is 4.99 Å². The average Bonchev–Trinajstić information content (AvgIpc) is 2.86. The van der Waals surface area contributed by atoms with E-state index in [-0.39, 0.29) is 5.91 Å². The third-order valence-electron chi connectivity index (χ3n) is 4.74. The molecule has 0 spiro atoms. The van der Waals surface area contributed by atoms with Gasteiger partial charge in [0, 0.05) is 39.6 Å². The molecule has 1 aromatic rings. The normalized spacial score (nSPS) is 14.5. The number of hydrogen-bond acceptors (Lipinski definition) is 4. The molecule has 26 heavy (non-hydrogen) atoms. The minimum Gasteiger partial charge on any atom is -0.357 e. The summed E-state index contributed by atoms with van der Waals surface area (Å²) in [6.07, 6.45) is 4.58. The van der Waals surface area contributed by atoms with E-state index in [0.717, 1.165) is 50.2 Å². The molecular formula is C18H33N7O. The Labute approximate surface area is 156 Å². The Hall–Kier alpha value is -2.12. The van der Waals surface area contributed by atoms with Crippen molar-refractivity contribution < 1.29 is 4.79 Å². The van der Waals surface area contributed by atoms with Crippen molar-refractivity contribution in [1.29, 1.82) is 0 Å². The Kier molecular flexibility index (Phi) is 7.87. The van der Waals surface area contributed by atoms with Gasteiger partial charge in [-0.15, -0.1) is 10.2 Å². The van der Waals surface area contributed by atoms with Gasteiger partial charge in [0.25, 0.3) is 0 Å². The maximum Gasteiger partial charge on any atom is 0.242 e. The Morgan fingerprint density at radius 3 is 2.65 bits per heavy atom. The lowest BCUT2D eigenvalue weighted by Gasteiger charge is -2.25. The predicted molar refractivity (Wildman–Crippen MR) is 103 cm³/mol. The zero-order valence-electron chi connectivity index (χ0n) is 16.7. The second-order valence-corrected chi connectivity index (χ2v) is 6.59. The van der Waals surface area contributed by atoms with Crippen molar-refractivity contribution in [2.75, 3.05) is 33.2 Å². The van der Waals surface area contributed by atoms with Crippen LogP contribution in [0.5, 0.6) is 0 Å². The van der Waals surface area contributed by atoms with Gasteiger partial charge in [-0.1, -0.05) is 6.42 Å². The number of fused-ring (bicyclic) bond motifs is 1. The van der Waals surface area contributed by atoms with E-state index >= 15 is 0 Å². The van der Waals surface area contributed by atoms with Crippen LogP contribution in [-0.4, -0.2) is 69.7 Å². The number of aryl methyl sites for hydroxylation is 1. The Bertz CT molecular complexity index is 607. The van der Waals surface area contributed by atoms with Crippen LogP contribution in [0.3, 0.4) is 0 Å². The molecular weight excluding hydrogens is 330 g/mol. The first-order valence-corrected chi connectivity index (χ1v) is 9.78. The quantitative estimate of drug-likeness (QED) is 0.583. The van der Waals surface area contributed by atoms with Gasteiger partial charge in [0.2, 0.25) is 5.91 Å². The number of guanidine groups is 1. The molecule has 0 aromatic carbocycles. The van der Waals surface area contributed by atoms with E-state index in [1.54, 1.807) is 0 Å². The lowest BCUT2D eigenvalue weighted by Crippen LogP contribution is -2.45. The summed E-state index contributed by atoms with van der Waals surface area (Å²) in [6, 6.07) is 0.